The molecular weight excluding hydrogens is 528 g/mol. The Hall–Kier alpha value is -5.62. The van der Waals surface area contributed by atoms with Crippen molar-refractivity contribution in [2.45, 2.75) is 12.5 Å². The highest BCUT2D eigenvalue weighted by Gasteiger charge is 2.53. The molecular formula is C36H24O6. The van der Waals surface area contributed by atoms with Gasteiger partial charge in [0.1, 0.15) is 23.0 Å². The minimum Gasteiger partial charge on any atom is -0.508 e. The fourth-order valence-corrected chi connectivity index (χ4v) is 5.76. The number of aromatic hydroxyl groups is 1. The van der Waals surface area contributed by atoms with Gasteiger partial charge >= 0.3 is 11.9 Å². The third-order valence-corrected chi connectivity index (χ3v) is 7.64. The van der Waals surface area contributed by atoms with Gasteiger partial charge in [0.2, 0.25) is 0 Å². The van der Waals surface area contributed by atoms with Gasteiger partial charge in [-0.15, -0.1) is 0 Å². The highest BCUT2D eigenvalue weighted by molar-refractivity contribution is 6.04. The summed E-state index contributed by atoms with van der Waals surface area (Å²) in [5, 5.41) is 12.7. The topological polar surface area (TPSA) is 82.1 Å². The van der Waals surface area contributed by atoms with E-state index in [0.717, 1.165) is 0 Å². The summed E-state index contributed by atoms with van der Waals surface area (Å²) < 4.78 is 17.3. The molecule has 1 N–H and O–H groups in total. The molecule has 8 rings (SSSR count). The molecule has 1 aliphatic carbocycles. The second-order valence-corrected chi connectivity index (χ2v) is 10.4. The van der Waals surface area contributed by atoms with Gasteiger partial charge in [-0.25, -0.2) is 9.59 Å². The number of hydrogen-bond acceptors (Lipinski definition) is 6. The van der Waals surface area contributed by atoms with Crippen molar-refractivity contribution < 1.29 is 28.9 Å². The predicted octanol–water partition coefficient (Wildman–Crippen LogP) is 7.77. The van der Waals surface area contributed by atoms with E-state index in [-0.39, 0.29) is 17.1 Å². The van der Waals surface area contributed by atoms with Gasteiger partial charge in [-0.1, -0.05) is 73.3 Å². The molecule has 2 heterocycles. The first kappa shape index (κ1) is 25.4. The molecule has 42 heavy (non-hydrogen) atoms. The molecule has 6 heteroatoms. The summed E-state index contributed by atoms with van der Waals surface area (Å²) >= 11 is 0. The normalized spacial score (nSPS) is 16.5. The van der Waals surface area contributed by atoms with E-state index in [0.29, 0.717) is 33.8 Å². The minimum atomic E-state index is -1.23. The molecule has 1 atom stereocenters. The average molecular weight is 553 g/mol. The molecule has 3 aliphatic rings. The lowest BCUT2D eigenvalue weighted by Gasteiger charge is -2.36. The monoisotopic (exact) mass is 552 g/mol. The third-order valence-electron chi connectivity index (χ3n) is 7.64. The number of fused-ring (bicyclic) bond motifs is 6. The number of ether oxygens (including phenoxy) is 3. The van der Waals surface area contributed by atoms with E-state index >= 15 is 0 Å². The Morgan fingerprint density at radius 2 is 1.48 bits per heavy atom. The van der Waals surface area contributed by atoms with E-state index in [2.05, 4.69) is 55.1 Å². The zero-order chi connectivity index (χ0) is 29.0. The van der Waals surface area contributed by atoms with E-state index < -0.39 is 17.5 Å². The number of benzene rings is 5. The zero-order valence-electron chi connectivity index (χ0n) is 22.6. The first-order valence-corrected chi connectivity index (χ1v) is 13.4. The molecule has 0 saturated carbocycles. The molecule has 0 aromatic heterocycles. The maximum absolute atomic E-state index is 12.7. The molecule has 2 aliphatic heterocycles. The molecule has 0 fully saturated rings. The molecule has 0 bridgehead atoms. The third kappa shape index (κ3) is 3.88. The van der Waals surface area contributed by atoms with Gasteiger partial charge in [0.05, 0.1) is 5.56 Å². The number of esters is 2. The lowest BCUT2D eigenvalue weighted by atomic mass is 9.77. The summed E-state index contributed by atoms with van der Waals surface area (Å²) in [6.07, 6.45) is 4.36. The molecule has 0 amide bonds. The van der Waals surface area contributed by atoms with Crippen LogP contribution in [-0.2, 0) is 15.1 Å². The Bertz CT molecular complexity index is 1960. The largest absolute Gasteiger partial charge is 0.508 e. The summed E-state index contributed by atoms with van der Waals surface area (Å²) in [5.41, 5.74) is 4.05. The second kappa shape index (κ2) is 9.49. The van der Waals surface area contributed by atoms with Crippen molar-refractivity contribution in [2.75, 3.05) is 0 Å². The first-order valence-electron chi connectivity index (χ1n) is 13.4. The van der Waals surface area contributed by atoms with Crippen molar-refractivity contribution in [1.29, 1.82) is 0 Å². The Morgan fingerprint density at radius 1 is 0.810 bits per heavy atom. The Balaban J connectivity index is 0.000000198. The lowest BCUT2D eigenvalue weighted by molar-refractivity contribution is -0.130. The van der Waals surface area contributed by atoms with Crippen LogP contribution in [0.15, 0.2) is 109 Å². The number of rotatable bonds is 2. The van der Waals surface area contributed by atoms with Crippen LogP contribution in [0.2, 0.25) is 0 Å². The standard InChI is InChI=1S/C24H16O6.C12H8/c1-13(2)22(26)28-15-8-10-19-21(12-15)29-20-11-14(25)7-9-18(20)24(19)17-6-4-3-5-16(17)23(27)30-24;1-3-9-4-2-6-11-8-7-10(5-1)12(9)11/h3-12,25H,1H2,2H3;1-8H. The average Bonchev–Trinajstić information content (AvgIpc) is 3.54. The number of carbonyl (C=O) groups excluding carboxylic acids is 2. The Morgan fingerprint density at radius 3 is 2.19 bits per heavy atom. The molecule has 0 radical (unpaired) electrons. The van der Waals surface area contributed by atoms with Crippen LogP contribution >= 0.6 is 0 Å². The fourth-order valence-electron chi connectivity index (χ4n) is 5.76. The maximum Gasteiger partial charge on any atom is 0.340 e. The minimum absolute atomic E-state index is 0.00910. The van der Waals surface area contributed by atoms with Gasteiger partial charge in [0.25, 0.3) is 0 Å². The fraction of sp³-hybridized carbons (Fsp3) is 0.0556. The van der Waals surface area contributed by atoms with Crippen molar-refractivity contribution in [3.8, 4) is 23.0 Å². The molecule has 1 unspecified atom stereocenters. The zero-order valence-corrected chi connectivity index (χ0v) is 22.6. The molecule has 5 aromatic carbocycles. The molecule has 204 valence electrons. The lowest BCUT2D eigenvalue weighted by Crippen LogP contribution is -2.33. The quantitative estimate of drug-likeness (QED) is 0.134. The van der Waals surface area contributed by atoms with E-state index in [4.69, 9.17) is 14.2 Å². The molecule has 1 spiro atoms. The van der Waals surface area contributed by atoms with Gasteiger partial charge in [-0.3, -0.25) is 0 Å². The van der Waals surface area contributed by atoms with Crippen LogP contribution in [0.5, 0.6) is 23.0 Å². The molecule has 0 saturated heterocycles. The van der Waals surface area contributed by atoms with E-state index in [9.17, 15) is 14.7 Å². The highest BCUT2D eigenvalue weighted by atomic mass is 16.6. The van der Waals surface area contributed by atoms with Gasteiger partial charge < -0.3 is 19.3 Å². The summed E-state index contributed by atoms with van der Waals surface area (Å²) in [6.45, 7) is 5.13. The number of hydrogen-bond donors (Lipinski definition) is 1. The summed E-state index contributed by atoms with van der Waals surface area (Å²) in [6, 6.07) is 29.6. The van der Waals surface area contributed by atoms with E-state index in [1.807, 2.05) is 12.1 Å². The van der Waals surface area contributed by atoms with Crippen LogP contribution < -0.4 is 9.47 Å². The SMILES string of the molecule is C1=Cc2cccc3cccc1c23.C=C(C)C(=O)Oc1ccc2c(c1)Oc1cc(O)ccc1C21OC(=O)c2ccccc21. The summed E-state index contributed by atoms with van der Waals surface area (Å²) in [4.78, 5) is 24.6. The van der Waals surface area contributed by atoms with Crippen molar-refractivity contribution in [3.05, 3.63) is 143 Å². The van der Waals surface area contributed by atoms with Gasteiger partial charge in [-0.2, -0.15) is 0 Å². The summed E-state index contributed by atoms with van der Waals surface area (Å²) in [7, 11) is 0. The van der Waals surface area contributed by atoms with E-state index in [1.165, 1.54) is 34.0 Å². The van der Waals surface area contributed by atoms with Crippen molar-refractivity contribution in [2.24, 2.45) is 0 Å². The Kier molecular flexibility index (Phi) is 5.73. The van der Waals surface area contributed by atoms with Gasteiger partial charge in [0, 0.05) is 34.4 Å². The second-order valence-electron chi connectivity index (χ2n) is 10.4. The maximum atomic E-state index is 12.7. The number of phenols is 1. The number of carbonyl (C=O) groups is 2. The smallest absolute Gasteiger partial charge is 0.340 e. The van der Waals surface area contributed by atoms with Crippen LogP contribution in [0.25, 0.3) is 22.9 Å². The number of phenolic OH excluding ortho intramolecular Hbond substituents is 1. The van der Waals surface area contributed by atoms with Crippen LogP contribution in [-0.4, -0.2) is 17.0 Å². The van der Waals surface area contributed by atoms with Gasteiger partial charge in [-0.05, 0) is 59.2 Å². The summed E-state index contributed by atoms with van der Waals surface area (Å²) in [5.74, 6) is -0.0423. The predicted molar refractivity (Wildman–Crippen MR) is 160 cm³/mol. The highest BCUT2D eigenvalue weighted by Crippen LogP contribution is 2.57. The van der Waals surface area contributed by atoms with Crippen LogP contribution in [0.1, 0.15) is 45.1 Å². The van der Waals surface area contributed by atoms with Crippen LogP contribution in [0.3, 0.4) is 0 Å². The molecule has 5 aromatic rings. The molecule has 6 nitrogen and oxygen atoms in total. The van der Waals surface area contributed by atoms with E-state index in [1.54, 1.807) is 43.3 Å². The van der Waals surface area contributed by atoms with Crippen LogP contribution in [0.4, 0.5) is 0 Å². The van der Waals surface area contributed by atoms with Gasteiger partial charge in [0.15, 0.2) is 5.60 Å². The van der Waals surface area contributed by atoms with Crippen LogP contribution in [0, 0.1) is 0 Å². The van der Waals surface area contributed by atoms with Crippen molar-refractivity contribution in [3.63, 3.8) is 0 Å². The van der Waals surface area contributed by atoms with Crippen molar-refractivity contribution in [1.82, 2.24) is 0 Å². The van der Waals surface area contributed by atoms with Crippen molar-refractivity contribution >= 4 is 34.9 Å². The first-order chi connectivity index (χ1) is 20.3. The Labute approximate surface area is 241 Å².